The highest BCUT2D eigenvalue weighted by atomic mass is 16.1. The predicted octanol–water partition coefficient (Wildman–Crippen LogP) is 3.60. The highest BCUT2D eigenvalue weighted by Gasteiger charge is 2.20. The molecule has 0 spiro atoms. The molecule has 2 heterocycles. The summed E-state index contributed by atoms with van der Waals surface area (Å²) in [4.78, 5) is 22.0. The van der Waals surface area contributed by atoms with E-state index in [-0.39, 0.29) is 11.9 Å². The lowest BCUT2D eigenvalue weighted by Crippen LogP contribution is -2.30. The number of benzene rings is 1. The fraction of sp³-hybridized carbons (Fsp3) is 0.400. The zero-order valence-corrected chi connectivity index (χ0v) is 15.8. The van der Waals surface area contributed by atoms with Crippen molar-refractivity contribution in [2.75, 3.05) is 0 Å². The van der Waals surface area contributed by atoms with Gasteiger partial charge in [0.05, 0.1) is 17.1 Å². The number of nitrogens with one attached hydrogen (secondary N) is 1. The average molecular weight is 351 g/mol. The molecule has 136 valence electrons. The largest absolute Gasteiger partial charge is 0.342 e. The van der Waals surface area contributed by atoms with Crippen LogP contribution in [0.2, 0.25) is 0 Å². The van der Waals surface area contributed by atoms with E-state index in [0.29, 0.717) is 5.56 Å². The molecule has 1 amide bonds. The number of aryl methyl sites for hydroxylation is 3. The van der Waals surface area contributed by atoms with Crippen LogP contribution in [0.25, 0.3) is 10.9 Å². The maximum Gasteiger partial charge on any atom is 0.252 e. The van der Waals surface area contributed by atoms with Gasteiger partial charge in [0.2, 0.25) is 0 Å². The predicted molar refractivity (Wildman–Crippen MR) is 102 cm³/mol. The molecule has 3 rings (SSSR count). The second-order valence-corrected chi connectivity index (χ2v) is 6.38. The molecular weight excluding hydrogens is 326 g/mol. The summed E-state index contributed by atoms with van der Waals surface area (Å²) in [6.07, 6.45) is 3.20. The van der Waals surface area contributed by atoms with Crippen LogP contribution in [0.1, 0.15) is 60.7 Å². The van der Waals surface area contributed by atoms with Crippen molar-refractivity contribution in [2.45, 2.75) is 53.1 Å². The minimum absolute atomic E-state index is 0.105. The zero-order valence-electron chi connectivity index (χ0n) is 15.8. The van der Waals surface area contributed by atoms with Crippen LogP contribution < -0.4 is 5.32 Å². The Morgan fingerprint density at radius 1 is 1.23 bits per heavy atom. The number of amides is 1. The van der Waals surface area contributed by atoms with E-state index in [4.69, 9.17) is 0 Å². The minimum Gasteiger partial charge on any atom is -0.342 e. The highest BCUT2D eigenvalue weighted by molar-refractivity contribution is 6.06. The number of hydrogen-bond donors (Lipinski definition) is 1. The molecule has 6 nitrogen and oxygen atoms in total. The van der Waals surface area contributed by atoms with E-state index in [1.54, 1.807) is 0 Å². The van der Waals surface area contributed by atoms with Gasteiger partial charge < -0.3 is 5.32 Å². The molecule has 3 aromatic rings. The molecule has 0 saturated carbocycles. The summed E-state index contributed by atoms with van der Waals surface area (Å²) in [7, 11) is 0. The Labute approximate surface area is 153 Å². The van der Waals surface area contributed by atoms with Crippen LogP contribution in [-0.2, 0) is 13.0 Å². The van der Waals surface area contributed by atoms with Crippen molar-refractivity contribution >= 4 is 16.8 Å². The first-order chi connectivity index (χ1) is 12.6. The number of aromatic nitrogens is 4. The Morgan fingerprint density at radius 3 is 2.73 bits per heavy atom. The Hall–Kier alpha value is -2.76. The van der Waals surface area contributed by atoms with Gasteiger partial charge >= 0.3 is 0 Å². The van der Waals surface area contributed by atoms with Crippen LogP contribution in [0.5, 0.6) is 0 Å². The third-order valence-corrected chi connectivity index (χ3v) is 4.62. The van der Waals surface area contributed by atoms with Crippen LogP contribution >= 0.6 is 0 Å². The quantitative estimate of drug-likeness (QED) is 0.736. The topological polar surface area (TPSA) is 72.7 Å². The second kappa shape index (κ2) is 7.64. The number of rotatable bonds is 6. The Kier molecular flexibility index (Phi) is 5.30. The van der Waals surface area contributed by atoms with Crippen molar-refractivity contribution in [3.8, 4) is 0 Å². The Balaban J connectivity index is 1.98. The summed E-state index contributed by atoms with van der Waals surface area (Å²) in [6, 6.07) is 7.79. The molecule has 6 heteroatoms. The summed E-state index contributed by atoms with van der Waals surface area (Å²) >= 11 is 0. The van der Waals surface area contributed by atoms with Gasteiger partial charge in [-0.1, -0.05) is 19.9 Å². The fourth-order valence-corrected chi connectivity index (χ4v) is 3.18. The molecule has 0 fully saturated rings. The van der Waals surface area contributed by atoms with Gasteiger partial charge in [-0.15, -0.1) is 0 Å². The summed E-state index contributed by atoms with van der Waals surface area (Å²) in [5.41, 5.74) is 3.52. The number of carbonyl (C=O) groups excluding carboxylic acids is 1. The van der Waals surface area contributed by atoms with Crippen LogP contribution in [0, 0.1) is 6.92 Å². The van der Waals surface area contributed by atoms with Crippen molar-refractivity contribution in [2.24, 2.45) is 0 Å². The number of fused-ring (bicyclic) bond motifs is 1. The first-order valence-corrected chi connectivity index (χ1v) is 9.16. The molecule has 1 atom stereocenters. The van der Waals surface area contributed by atoms with Gasteiger partial charge in [-0.2, -0.15) is 5.10 Å². The molecular formula is C20H25N5O. The summed E-state index contributed by atoms with van der Waals surface area (Å²) in [6.45, 7) is 8.78. The van der Waals surface area contributed by atoms with Crippen molar-refractivity contribution in [1.29, 1.82) is 0 Å². The molecule has 0 unspecified atom stereocenters. The minimum atomic E-state index is -0.178. The van der Waals surface area contributed by atoms with Gasteiger partial charge in [-0.3, -0.25) is 9.78 Å². The molecule has 0 aliphatic rings. The molecule has 1 aromatic carbocycles. The van der Waals surface area contributed by atoms with Gasteiger partial charge in [0.15, 0.2) is 0 Å². The summed E-state index contributed by atoms with van der Waals surface area (Å²) < 4.78 is 1.82. The van der Waals surface area contributed by atoms with Crippen LogP contribution in [-0.4, -0.2) is 25.7 Å². The lowest BCUT2D eigenvalue weighted by Gasteiger charge is -2.18. The van der Waals surface area contributed by atoms with Gasteiger partial charge in [0.25, 0.3) is 5.91 Å². The fourth-order valence-electron chi connectivity index (χ4n) is 3.18. The van der Waals surface area contributed by atoms with Crippen molar-refractivity contribution in [3.05, 3.63) is 53.2 Å². The molecule has 1 N–H and O–H groups in total. The second-order valence-electron chi connectivity index (χ2n) is 6.38. The van der Waals surface area contributed by atoms with E-state index < -0.39 is 0 Å². The van der Waals surface area contributed by atoms with Gasteiger partial charge in [0, 0.05) is 17.6 Å². The van der Waals surface area contributed by atoms with E-state index in [9.17, 15) is 4.79 Å². The number of hydrogen-bond acceptors (Lipinski definition) is 4. The van der Waals surface area contributed by atoms with E-state index in [1.165, 1.54) is 11.9 Å². The SMILES string of the molecule is CCc1ccc2nc(C)cc(C(=O)N[C@H](CC)c3ncnn3CC)c2c1. The van der Waals surface area contributed by atoms with Gasteiger partial charge in [-0.05, 0) is 50.5 Å². The molecule has 0 bridgehead atoms. The van der Waals surface area contributed by atoms with Crippen LogP contribution in [0.3, 0.4) is 0 Å². The van der Waals surface area contributed by atoms with Gasteiger partial charge in [0.1, 0.15) is 12.2 Å². The average Bonchev–Trinajstić information content (AvgIpc) is 3.13. The van der Waals surface area contributed by atoms with Crippen LogP contribution in [0.15, 0.2) is 30.6 Å². The first kappa shape index (κ1) is 18.0. The van der Waals surface area contributed by atoms with Crippen molar-refractivity contribution < 1.29 is 4.79 Å². The molecule has 0 saturated heterocycles. The molecule has 2 aromatic heterocycles. The first-order valence-electron chi connectivity index (χ1n) is 9.16. The number of pyridine rings is 1. The van der Waals surface area contributed by atoms with E-state index in [0.717, 1.165) is 41.8 Å². The monoisotopic (exact) mass is 351 g/mol. The maximum absolute atomic E-state index is 13.1. The van der Waals surface area contributed by atoms with Gasteiger partial charge in [-0.25, -0.2) is 9.67 Å². The maximum atomic E-state index is 13.1. The third kappa shape index (κ3) is 3.45. The molecule has 0 aliphatic carbocycles. The number of carbonyl (C=O) groups is 1. The standard InChI is InChI=1S/C20H25N5O/c1-5-14-8-9-18-15(11-14)16(10-13(4)23-18)20(26)24-17(6-2)19-21-12-22-25(19)7-3/h8-12,17H,5-7H2,1-4H3,(H,24,26)/t17-/m1/s1. The van der Waals surface area contributed by atoms with Crippen molar-refractivity contribution in [3.63, 3.8) is 0 Å². The van der Waals surface area contributed by atoms with E-state index >= 15 is 0 Å². The van der Waals surface area contributed by atoms with E-state index in [1.807, 2.05) is 37.6 Å². The lowest BCUT2D eigenvalue weighted by molar-refractivity contribution is 0.0934. The van der Waals surface area contributed by atoms with Crippen molar-refractivity contribution in [1.82, 2.24) is 25.1 Å². The zero-order chi connectivity index (χ0) is 18.7. The Bertz CT molecular complexity index is 931. The van der Waals surface area contributed by atoms with Crippen LogP contribution in [0.4, 0.5) is 0 Å². The lowest BCUT2D eigenvalue weighted by atomic mass is 10.0. The highest BCUT2D eigenvalue weighted by Crippen LogP contribution is 2.22. The smallest absolute Gasteiger partial charge is 0.252 e. The number of nitrogens with zero attached hydrogens (tertiary/aromatic N) is 4. The summed E-state index contributed by atoms with van der Waals surface area (Å²) in [5.74, 6) is 0.680. The molecule has 0 radical (unpaired) electrons. The normalized spacial score (nSPS) is 12.3. The summed E-state index contributed by atoms with van der Waals surface area (Å²) in [5, 5.41) is 8.23. The third-order valence-electron chi connectivity index (χ3n) is 4.62. The molecule has 0 aliphatic heterocycles. The van der Waals surface area contributed by atoms with E-state index in [2.05, 4.69) is 39.4 Å². The molecule has 26 heavy (non-hydrogen) atoms. The Morgan fingerprint density at radius 2 is 2.04 bits per heavy atom.